The lowest BCUT2D eigenvalue weighted by atomic mass is 10.3. The topological polar surface area (TPSA) is 27.1 Å². The number of nitrogens with one attached hydrogen (secondary N) is 1. The van der Waals surface area contributed by atoms with Gasteiger partial charge in [-0.1, -0.05) is 12.8 Å². The Hall–Kier alpha value is -0.530. The van der Waals surface area contributed by atoms with Gasteiger partial charge in [0.05, 0.1) is 5.84 Å². The van der Waals surface area contributed by atoms with Gasteiger partial charge < -0.3 is 4.90 Å². The number of hydrogen-bond acceptors (Lipinski definition) is 1. The summed E-state index contributed by atoms with van der Waals surface area (Å²) in [5.74, 6) is 1.90. The van der Waals surface area contributed by atoms with Crippen molar-refractivity contribution in [2.45, 2.75) is 32.1 Å². The van der Waals surface area contributed by atoms with Gasteiger partial charge >= 0.3 is 0 Å². The van der Waals surface area contributed by atoms with Crippen LogP contribution >= 0.6 is 0 Å². The monoisotopic (exact) mass is 152 g/mol. The normalized spacial score (nSPS) is 24.7. The Kier molecular flexibility index (Phi) is 1.84. The van der Waals surface area contributed by atoms with E-state index in [-0.39, 0.29) is 0 Å². The second-order valence-corrected chi connectivity index (χ2v) is 3.77. The predicted molar refractivity (Wildman–Crippen MR) is 45.9 cm³/mol. The highest BCUT2D eigenvalue weighted by atomic mass is 15.2. The highest BCUT2D eigenvalue weighted by molar-refractivity contribution is 5.80. The van der Waals surface area contributed by atoms with E-state index in [0.717, 1.165) is 31.3 Å². The van der Waals surface area contributed by atoms with Crippen LogP contribution in [0.4, 0.5) is 0 Å². The third-order valence-corrected chi connectivity index (χ3v) is 2.73. The molecule has 2 aliphatic rings. The molecule has 2 heteroatoms. The van der Waals surface area contributed by atoms with Gasteiger partial charge in [0.25, 0.3) is 0 Å². The van der Waals surface area contributed by atoms with Gasteiger partial charge in [0.2, 0.25) is 0 Å². The first-order valence-corrected chi connectivity index (χ1v) is 4.68. The largest absolute Gasteiger partial charge is 0.361 e. The fourth-order valence-electron chi connectivity index (χ4n) is 1.72. The lowest BCUT2D eigenvalue weighted by Gasteiger charge is -2.16. The van der Waals surface area contributed by atoms with Crippen LogP contribution in [-0.2, 0) is 0 Å². The Balaban J connectivity index is 1.71. The van der Waals surface area contributed by atoms with Crippen molar-refractivity contribution in [3.8, 4) is 0 Å². The first kappa shape index (κ1) is 7.14. The molecule has 0 unspecified atom stereocenters. The highest BCUT2D eigenvalue weighted by Crippen LogP contribution is 2.32. The molecule has 1 saturated carbocycles. The summed E-state index contributed by atoms with van der Waals surface area (Å²) < 4.78 is 0. The first-order chi connectivity index (χ1) is 5.36. The van der Waals surface area contributed by atoms with E-state index in [4.69, 9.17) is 5.41 Å². The molecule has 0 bridgehead atoms. The molecule has 0 atom stereocenters. The van der Waals surface area contributed by atoms with Crippen molar-refractivity contribution in [1.82, 2.24) is 4.90 Å². The van der Waals surface area contributed by atoms with Crippen LogP contribution < -0.4 is 0 Å². The Morgan fingerprint density at radius 2 is 2.27 bits per heavy atom. The van der Waals surface area contributed by atoms with E-state index in [1.807, 2.05) is 0 Å². The van der Waals surface area contributed by atoms with E-state index in [9.17, 15) is 0 Å². The van der Waals surface area contributed by atoms with Crippen molar-refractivity contribution in [3.63, 3.8) is 0 Å². The standard InChI is InChI=1S/C9H16N2/c10-9-2-1-6-11(9)7-5-8-3-4-8/h8,10H,1-7H2. The molecule has 1 heterocycles. The van der Waals surface area contributed by atoms with E-state index in [1.165, 1.54) is 25.7 Å². The molecule has 2 fully saturated rings. The van der Waals surface area contributed by atoms with E-state index < -0.39 is 0 Å². The molecule has 1 aliphatic heterocycles. The Labute approximate surface area is 68.1 Å². The van der Waals surface area contributed by atoms with Crippen molar-refractivity contribution in [2.24, 2.45) is 5.92 Å². The van der Waals surface area contributed by atoms with Crippen LogP contribution in [0.3, 0.4) is 0 Å². The van der Waals surface area contributed by atoms with E-state index in [1.54, 1.807) is 0 Å². The van der Waals surface area contributed by atoms with Crippen molar-refractivity contribution >= 4 is 5.84 Å². The average molecular weight is 152 g/mol. The first-order valence-electron chi connectivity index (χ1n) is 4.68. The zero-order valence-corrected chi connectivity index (χ0v) is 6.97. The van der Waals surface area contributed by atoms with Gasteiger partial charge in [0.15, 0.2) is 0 Å². The van der Waals surface area contributed by atoms with E-state index >= 15 is 0 Å². The fraction of sp³-hybridized carbons (Fsp3) is 0.889. The minimum Gasteiger partial charge on any atom is -0.361 e. The quantitative estimate of drug-likeness (QED) is 0.656. The summed E-state index contributed by atoms with van der Waals surface area (Å²) in [4.78, 5) is 2.25. The average Bonchev–Trinajstić information content (AvgIpc) is 2.73. The minimum atomic E-state index is 0.880. The summed E-state index contributed by atoms with van der Waals surface area (Å²) in [6.45, 7) is 2.30. The van der Waals surface area contributed by atoms with Crippen molar-refractivity contribution in [2.75, 3.05) is 13.1 Å². The molecule has 1 aliphatic carbocycles. The van der Waals surface area contributed by atoms with Crippen LogP contribution in [0.2, 0.25) is 0 Å². The summed E-state index contributed by atoms with van der Waals surface area (Å²) in [6.07, 6.45) is 6.46. The van der Waals surface area contributed by atoms with Gasteiger partial charge in [-0.3, -0.25) is 5.41 Å². The second-order valence-electron chi connectivity index (χ2n) is 3.77. The molecule has 1 saturated heterocycles. The Bertz CT molecular complexity index is 161. The zero-order chi connectivity index (χ0) is 7.68. The summed E-state index contributed by atoms with van der Waals surface area (Å²) in [7, 11) is 0. The van der Waals surface area contributed by atoms with Crippen LogP contribution in [0.25, 0.3) is 0 Å². The molecule has 1 N–H and O–H groups in total. The SMILES string of the molecule is N=C1CCCN1CCC1CC1. The molecule has 0 spiro atoms. The lowest BCUT2D eigenvalue weighted by Crippen LogP contribution is -2.25. The third kappa shape index (κ3) is 1.73. The van der Waals surface area contributed by atoms with Crippen LogP contribution in [0.1, 0.15) is 32.1 Å². The maximum absolute atomic E-state index is 7.60. The van der Waals surface area contributed by atoms with Crippen LogP contribution in [0.5, 0.6) is 0 Å². The summed E-state index contributed by atoms with van der Waals surface area (Å²) in [6, 6.07) is 0. The van der Waals surface area contributed by atoms with Crippen LogP contribution in [0, 0.1) is 11.3 Å². The van der Waals surface area contributed by atoms with Gasteiger partial charge in [0, 0.05) is 19.5 Å². The Morgan fingerprint density at radius 1 is 1.45 bits per heavy atom. The maximum Gasteiger partial charge on any atom is 0.0958 e. The molecule has 0 radical (unpaired) electrons. The molecule has 0 amide bonds. The molecule has 2 nitrogen and oxygen atoms in total. The zero-order valence-electron chi connectivity index (χ0n) is 6.97. The van der Waals surface area contributed by atoms with Gasteiger partial charge in [-0.25, -0.2) is 0 Å². The number of likely N-dealkylation sites (tertiary alicyclic amines) is 1. The van der Waals surface area contributed by atoms with Crippen molar-refractivity contribution in [3.05, 3.63) is 0 Å². The molecule has 11 heavy (non-hydrogen) atoms. The molecular formula is C9H16N2. The maximum atomic E-state index is 7.60. The van der Waals surface area contributed by atoms with Gasteiger partial charge in [-0.15, -0.1) is 0 Å². The molecule has 62 valence electrons. The highest BCUT2D eigenvalue weighted by Gasteiger charge is 2.23. The number of nitrogens with zero attached hydrogens (tertiary/aromatic N) is 1. The van der Waals surface area contributed by atoms with Gasteiger partial charge in [-0.2, -0.15) is 0 Å². The van der Waals surface area contributed by atoms with Crippen LogP contribution in [-0.4, -0.2) is 23.8 Å². The summed E-state index contributed by atoms with van der Waals surface area (Å²) >= 11 is 0. The minimum absolute atomic E-state index is 0.880. The van der Waals surface area contributed by atoms with Gasteiger partial charge in [0.1, 0.15) is 0 Å². The molecular weight excluding hydrogens is 136 g/mol. The van der Waals surface area contributed by atoms with E-state index in [0.29, 0.717) is 0 Å². The molecule has 0 aromatic heterocycles. The third-order valence-electron chi connectivity index (χ3n) is 2.73. The van der Waals surface area contributed by atoms with Crippen molar-refractivity contribution < 1.29 is 0 Å². The lowest BCUT2D eigenvalue weighted by molar-refractivity contribution is 0.427. The molecule has 2 rings (SSSR count). The second kappa shape index (κ2) is 2.84. The smallest absolute Gasteiger partial charge is 0.0958 e. The summed E-state index contributed by atoms with van der Waals surface area (Å²) in [5.41, 5.74) is 0. The van der Waals surface area contributed by atoms with E-state index in [2.05, 4.69) is 4.90 Å². The predicted octanol–water partition coefficient (Wildman–Crippen LogP) is 1.86. The number of hydrogen-bond donors (Lipinski definition) is 1. The summed E-state index contributed by atoms with van der Waals surface area (Å²) in [5, 5.41) is 7.60. The number of rotatable bonds is 3. The van der Waals surface area contributed by atoms with Crippen LogP contribution in [0.15, 0.2) is 0 Å². The molecule has 0 aromatic carbocycles. The Morgan fingerprint density at radius 3 is 2.82 bits per heavy atom. The molecule has 0 aromatic rings. The fourth-order valence-corrected chi connectivity index (χ4v) is 1.72. The van der Waals surface area contributed by atoms with Gasteiger partial charge in [-0.05, 0) is 18.8 Å². The number of amidine groups is 1. The van der Waals surface area contributed by atoms with Crippen molar-refractivity contribution in [1.29, 1.82) is 5.41 Å².